The van der Waals surface area contributed by atoms with E-state index >= 15 is 0 Å². The zero-order valence-electron chi connectivity index (χ0n) is 11.6. The number of benzene rings is 2. The van der Waals surface area contributed by atoms with Crippen LogP contribution in [0.15, 0.2) is 40.9 Å². The molecule has 0 aromatic heterocycles. The van der Waals surface area contributed by atoms with Crippen LogP contribution >= 0.6 is 15.9 Å². The van der Waals surface area contributed by atoms with Gasteiger partial charge in [-0.3, -0.25) is 0 Å². The van der Waals surface area contributed by atoms with E-state index in [1.54, 1.807) is 0 Å². The number of rotatable bonds is 3. The lowest BCUT2D eigenvalue weighted by molar-refractivity contribution is 0.0943. The third-order valence-electron chi connectivity index (χ3n) is 3.23. The summed E-state index contributed by atoms with van der Waals surface area (Å²) in [4.78, 5) is 0. The Morgan fingerprint density at radius 1 is 1.11 bits per heavy atom. The van der Waals surface area contributed by atoms with Gasteiger partial charge in [-0.05, 0) is 35.0 Å². The average Bonchev–Trinajstić information content (AvgIpc) is 2.34. The van der Waals surface area contributed by atoms with E-state index in [1.807, 2.05) is 12.1 Å². The maximum absolute atomic E-state index is 6.03. The van der Waals surface area contributed by atoms with Gasteiger partial charge in [0, 0.05) is 16.4 Å². The van der Waals surface area contributed by atoms with Crippen LogP contribution in [0.4, 0.5) is 0 Å². The van der Waals surface area contributed by atoms with Crippen molar-refractivity contribution in [3.63, 3.8) is 0 Å². The highest BCUT2D eigenvalue weighted by Crippen LogP contribution is 2.28. The Labute approximate surface area is 123 Å². The molecule has 0 saturated carbocycles. The minimum Gasteiger partial charge on any atom is -0.489 e. The van der Waals surface area contributed by atoms with Gasteiger partial charge >= 0.3 is 0 Å². The molecular weight excluding hydrogens is 302 g/mol. The quantitative estimate of drug-likeness (QED) is 0.911. The van der Waals surface area contributed by atoms with Gasteiger partial charge in [-0.1, -0.05) is 48.8 Å². The molecule has 2 aromatic carbocycles. The summed E-state index contributed by atoms with van der Waals surface area (Å²) in [5, 5.41) is 2.37. The van der Waals surface area contributed by atoms with E-state index in [2.05, 4.69) is 61.0 Å². The van der Waals surface area contributed by atoms with E-state index in [9.17, 15) is 0 Å². The molecule has 0 aliphatic rings. The molecule has 0 aliphatic heterocycles. The summed E-state index contributed by atoms with van der Waals surface area (Å²) in [5.74, 6) is 0.875. The van der Waals surface area contributed by atoms with Gasteiger partial charge in [0.2, 0.25) is 0 Å². The van der Waals surface area contributed by atoms with Gasteiger partial charge in [-0.15, -0.1) is 0 Å². The van der Waals surface area contributed by atoms with Crippen LogP contribution in [0.3, 0.4) is 0 Å². The van der Waals surface area contributed by atoms with Crippen LogP contribution < -0.4 is 10.5 Å². The fourth-order valence-electron chi connectivity index (χ4n) is 2.01. The molecule has 102 valence electrons. The third kappa shape index (κ3) is 3.48. The molecule has 2 N–H and O–H groups in total. The molecule has 1 unspecified atom stereocenters. The van der Waals surface area contributed by atoms with Crippen LogP contribution in [0.1, 0.15) is 20.8 Å². The van der Waals surface area contributed by atoms with Crippen LogP contribution in [0.5, 0.6) is 5.75 Å². The maximum Gasteiger partial charge on any atom is 0.120 e. The molecule has 0 amide bonds. The summed E-state index contributed by atoms with van der Waals surface area (Å²) in [5.41, 5.74) is 5.84. The van der Waals surface area contributed by atoms with Crippen molar-refractivity contribution >= 4 is 26.7 Å². The lowest BCUT2D eigenvalue weighted by Gasteiger charge is -2.30. The summed E-state index contributed by atoms with van der Waals surface area (Å²) < 4.78 is 7.12. The Morgan fingerprint density at radius 2 is 1.74 bits per heavy atom. The first-order chi connectivity index (χ1) is 8.90. The number of hydrogen-bond donors (Lipinski definition) is 1. The van der Waals surface area contributed by atoms with Crippen LogP contribution in [-0.2, 0) is 0 Å². The molecule has 1 atom stereocenters. The molecular formula is C16H20BrNO. The molecule has 2 nitrogen and oxygen atoms in total. The molecule has 0 saturated heterocycles. The molecule has 0 heterocycles. The topological polar surface area (TPSA) is 35.2 Å². The monoisotopic (exact) mass is 321 g/mol. The SMILES string of the molecule is CC(C)(C)C(CN)Oc1ccc2cc(Br)ccc2c1. The summed E-state index contributed by atoms with van der Waals surface area (Å²) in [6.07, 6.45) is 0.0143. The predicted octanol–water partition coefficient (Wildman–Crippen LogP) is 4.35. The molecule has 0 bridgehead atoms. The number of fused-ring (bicyclic) bond motifs is 1. The van der Waals surface area contributed by atoms with Crippen LogP contribution in [-0.4, -0.2) is 12.6 Å². The van der Waals surface area contributed by atoms with E-state index in [4.69, 9.17) is 10.5 Å². The summed E-state index contributed by atoms with van der Waals surface area (Å²) >= 11 is 3.48. The molecule has 19 heavy (non-hydrogen) atoms. The van der Waals surface area contributed by atoms with E-state index < -0.39 is 0 Å². The Kier molecular flexibility index (Phi) is 4.16. The molecule has 2 aromatic rings. The zero-order valence-corrected chi connectivity index (χ0v) is 13.2. The summed E-state index contributed by atoms with van der Waals surface area (Å²) in [6, 6.07) is 12.4. The van der Waals surface area contributed by atoms with Gasteiger partial charge in [-0.2, -0.15) is 0 Å². The number of halogens is 1. The van der Waals surface area contributed by atoms with Crippen molar-refractivity contribution in [1.29, 1.82) is 0 Å². The highest BCUT2D eigenvalue weighted by molar-refractivity contribution is 9.10. The Hall–Kier alpha value is -1.06. The molecule has 0 fully saturated rings. The number of nitrogens with two attached hydrogens (primary N) is 1. The van der Waals surface area contributed by atoms with Crippen LogP contribution in [0.2, 0.25) is 0 Å². The molecule has 0 spiro atoms. The van der Waals surface area contributed by atoms with Gasteiger partial charge in [0.25, 0.3) is 0 Å². The Balaban J connectivity index is 2.29. The zero-order chi connectivity index (χ0) is 14.0. The second-order valence-electron chi connectivity index (χ2n) is 5.86. The first-order valence-corrected chi connectivity index (χ1v) is 7.25. The minimum atomic E-state index is 0.0143. The first-order valence-electron chi connectivity index (χ1n) is 6.46. The largest absolute Gasteiger partial charge is 0.489 e. The van der Waals surface area contributed by atoms with Crippen molar-refractivity contribution in [2.45, 2.75) is 26.9 Å². The van der Waals surface area contributed by atoms with Crippen molar-refractivity contribution in [3.05, 3.63) is 40.9 Å². The first kappa shape index (κ1) is 14.4. The van der Waals surface area contributed by atoms with Crippen LogP contribution in [0, 0.1) is 5.41 Å². The normalized spacial score (nSPS) is 13.5. The maximum atomic E-state index is 6.03. The van der Waals surface area contributed by atoms with Crippen molar-refractivity contribution in [2.24, 2.45) is 11.1 Å². The summed E-state index contributed by atoms with van der Waals surface area (Å²) in [7, 11) is 0. The molecule has 0 radical (unpaired) electrons. The number of ether oxygens (including phenoxy) is 1. The van der Waals surface area contributed by atoms with Gasteiger partial charge in [0.15, 0.2) is 0 Å². The molecule has 0 aliphatic carbocycles. The second kappa shape index (κ2) is 5.51. The highest BCUT2D eigenvalue weighted by atomic mass is 79.9. The predicted molar refractivity (Wildman–Crippen MR) is 84.6 cm³/mol. The smallest absolute Gasteiger partial charge is 0.120 e. The molecule has 2 rings (SSSR count). The van der Waals surface area contributed by atoms with Gasteiger partial charge in [0.1, 0.15) is 11.9 Å². The van der Waals surface area contributed by atoms with Gasteiger partial charge < -0.3 is 10.5 Å². The lowest BCUT2D eigenvalue weighted by atomic mass is 9.89. The van der Waals surface area contributed by atoms with E-state index in [0.29, 0.717) is 6.54 Å². The highest BCUT2D eigenvalue weighted by Gasteiger charge is 2.25. The van der Waals surface area contributed by atoms with Gasteiger partial charge in [-0.25, -0.2) is 0 Å². The molecule has 3 heteroatoms. The van der Waals surface area contributed by atoms with Crippen molar-refractivity contribution < 1.29 is 4.74 Å². The standard InChI is InChI=1S/C16H20BrNO/c1-16(2,3)15(10-18)19-14-7-5-11-8-13(17)6-4-12(11)9-14/h4-9,15H,10,18H2,1-3H3. The van der Waals surface area contributed by atoms with E-state index in [1.165, 1.54) is 10.8 Å². The van der Waals surface area contributed by atoms with Crippen molar-refractivity contribution in [3.8, 4) is 5.75 Å². The minimum absolute atomic E-state index is 0.0143. The van der Waals surface area contributed by atoms with Gasteiger partial charge in [0.05, 0.1) is 0 Å². The summed E-state index contributed by atoms with van der Waals surface area (Å²) in [6.45, 7) is 6.94. The fourth-order valence-corrected chi connectivity index (χ4v) is 2.39. The van der Waals surface area contributed by atoms with Crippen molar-refractivity contribution in [2.75, 3.05) is 6.54 Å². The fraction of sp³-hybridized carbons (Fsp3) is 0.375. The number of hydrogen-bond acceptors (Lipinski definition) is 2. The van der Waals surface area contributed by atoms with E-state index in [-0.39, 0.29) is 11.5 Å². The Morgan fingerprint density at radius 3 is 2.37 bits per heavy atom. The van der Waals surface area contributed by atoms with Crippen molar-refractivity contribution in [1.82, 2.24) is 0 Å². The third-order valence-corrected chi connectivity index (χ3v) is 3.73. The Bertz CT molecular complexity index is 574. The van der Waals surface area contributed by atoms with Crippen LogP contribution in [0.25, 0.3) is 10.8 Å². The lowest BCUT2D eigenvalue weighted by Crippen LogP contribution is -2.38. The average molecular weight is 322 g/mol. The van der Waals surface area contributed by atoms with E-state index in [0.717, 1.165) is 10.2 Å². The second-order valence-corrected chi connectivity index (χ2v) is 6.78.